The van der Waals surface area contributed by atoms with Crippen LogP contribution in [0.15, 0.2) is 22.7 Å². The predicted octanol–water partition coefficient (Wildman–Crippen LogP) is 3.83. The number of rotatable bonds is 1. The molecule has 1 aliphatic heterocycles. The van der Waals surface area contributed by atoms with Crippen LogP contribution in [0, 0.1) is 18.3 Å². The van der Waals surface area contributed by atoms with Crippen LogP contribution in [0.1, 0.15) is 29.9 Å². The molecular weight excluding hydrogens is 302 g/mol. The van der Waals surface area contributed by atoms with Crippen molar-refractivity contribution in [3.63, 3.8) is 0 Å². The van der Waals surface area contributed by atoms with Crippen molar-refractivity contribution in [2.24, 2.45) is 0 Å². The first-order chi connectivity index (χ1) is 9.20. The molecule has 0 radical (unpaired) electrons. The van der Waals surface area contributed by atoms with E-state index in [4.69, 9.17) is 4.98 Å². The standard InChI is InChI=1S/C15H14BrN3/c1-10-5-6-11(16)8-12(10)15-13(9-17)19-7-3-2-4-14(19)18-15/h5-6,8H,2-4,7H2,1H3. The number of halogens is 1. The Hall–Kier alpha value is -1.60. The van der Waals surface area contributed by atoms with Gasteiger partial charge in [0.15, 0.2) is 0 Å². The first-order valence-corrected chi connectivity index (χ1v) is 7.26. The summed E-state index contributed by atoms with van der Waals surface area (Å²) in [4.78, 5) is 4.71. The lowest BCUT2D eigenvalue weighted by Gasteiger charge is -2.13. The molecule has 0 amide bonds. The molecule has 3 nitrogen and oxygen atoms in total. The minimum atomic E-state index is 0.705. The second-order valence-electron chi connectivity index (χ2n) is 4.91. The van der Waals surface area contributed by atoms with E-state index < -0.39 is 0 Å². The van der Waals surface area contributed by atoms with Crippen molar-refractivity contribution in [2.75, 3.05) is 0 Å². The summed E-state index contributed by atoms with van der Waals surface area (Å²) in [6.45, 7) is 2.97. The van der Waals surface area contributed by atoms with Gasteiger partial charge in [-0.05, 0) is 37.5 Å². The van der Waals surface area contributed by atoms with Crippen molar-refractivity contribution in [1.29, 1.82) is 5.26 Å². The Balaban J connectivity index is 2.23. The largest absolute Gasteiger partial charge is 0.319 e. The summed E-state index contributed by atoms with van der Waals surface area (Å²) in [5.41, 5.74) is 3.73. The smallest absolute Gasteiger partial charge is 0.148 e. The fourth-order valence-corrected chi connectivity index (χ4v) is 3.00. The van der Waals surface area contributed by atoms with E-state index in [1.54, 1.807) is 0 Å². The summed E-state index contributed by atoms with van der Waals surface area (Å²) in [5, 5.41) is 9.46. The number of aromatic nitrogens is 2. The van der Waals surface area contributed by atoms with Crippen molar-refractivity contribution in [1.82, 2.24) is 9.55 Å². The van der Waals surface area contributed by atoms with Crippen molar-refractivity contribution < 1.29 is 0 Å². The van der Waals surface area contributed by atoms with Crippen LogP contribution in [0.3, 0.4) is 0 Å². The van der Waals surface area contributed by atoms with E-state index in [0.29, 0.717) is 5.69 Å². The van der Waals surface area contributed by atoms with Gasteiger partial charge in [-0.1, -0.05) is 22.0 Å². The van der Waals surface area contributed by atoms with E-state index in [2.05, 4.69) is 39.6 Å². The minimum Gasteiger partial charge on any atom is -0.319 e. The Bertz CT molecular complexity index is 679. The number of nitrogens with zero attached hydrogens (tertiary/aromatic N) is 3. The monoisotopic (exact) mass is 315 g/mol. The number of imidazole rings is 1. The Morgan fingerprint density at radius 2 is 2.21 bits per heavy atom. The number of aryl methyl sites for hydroxylation is 2. The zero-order chi connectivity index (χ0) is 13.4. The van der Waals surface area contributed by atoms with Crippen LogP contribution < -0.4 is 0 Å². The van der Waals surface area contributed by atoms with Gasteiger partial charge in [0.1, 0.15) is 23.3 Å². The van der Waals surface area contributed by atoms with Gasteiger partial charge in [0, 0.05) is 23.0 Å². The summed E-state index contributed by atoms with van der Waals surface area (Å²) in [5.74, 6) is 1.05. The first-order valence-electron chi connectivity index (χ1n) is 6.46. The maximum atomic E-state index is 9.46. The van der Waals surface area contributed by atoms with Crippen LogP contribution in [-0.2, 0) is 13.0 Å². The number of hydrogen-bond donors (Lipinski definition) is 0. The highest BCUT2D eigenvalue weighted by molar-refractivity contribution is 9.10. The van der Waals surface area contributed by atoms with E-state index in [9.17, 15) is 5.26 Å². The highest BCUT2D eigenvalue weighted by Gasteiger charge is 2.21. The van der Waals surface area contributed by atoms with Gasteiger partial charge in [0.2, 0.25) is 0 Å². The Kier molecular flexibility index (Phi) is 3.16. The quantitative estimate of drug-likeness (QED) is 0.802. The molecule has 0 fully saturated rings. The van der Waals surface area contributed by atoms with Crippen LogP contribution >= 0.6 is 15.9 Å². The fraction of sp³-hybridized carbons (Fsp3) is 0.333. The second kappa shape index (κ2) is 4.82. The van der Waals surface area contributed by atoms with E-state index in [0.717, 1.165) is 46.5 Å². The molecule has 96 valence electrons. The average Bonchev–Trinajstić information content (AvgIpc) is 2.79. The molecule has 2 aromatic rings. The lowest BCUT2D eigenvalue weighted by atomic mass is 10.0. The lowest BCUT2D eigenvalue weighted by molar-refractivity contribution is 0.519. The Morgan fingerprint density at radius 1 is 1.37 bits per heavy atom. The van der Waals surface area contributed by atoms with Crippen LogP contribution in [0.5, 0.6) is 0 Å². The molecular formula is C15H14BrN3. The van der Waals surface area contributed by atoms with Crippen molar-refractivity contribution in [2.45, 2.75) is 32.7 Å². The summed E-state index contributed by atoms with van der Waals surface area (Å²) >= 11 is 3.49. The Morgan fingerprint density at radius 3 is 3.00 bits per heavy atom. The number of benzene rings is 1. The Labute approximate surface area is 121 Å². The normalized spacial score (nSPS) is 13.9. The lowest BCUT2D eigenvalue weighted by Crippen LogP contribution is -2.11. The number of fused-ring (bicyclic) bond motifs is 1. The van der Waals surface area contributed by atoms with Crippen LogP contribution in [0.2, 0.25) is 0 Å². The molecule has 3 rings (SSSR count). The SMILES string of the molecule is Cc1ccc(Br)cc1-c1nc2n(c1C#N)CCCC2. The van der Waals surface area contributed by atoms with Gasteiger partial charge in [-0.15, -0.1) is 0 Å². The number of nitriles is 1. The van der Waals surface area contributed by atoms with Gasteiger partial charge in [-0.2, -0.15) is 5.26 Å². The van der Waals surface area contributed by atoms with E-state index >= 15 is 0 Å². The molecule has 1 aliphatic rings. The van der Waals surface area contributed by atoms with Gasteiger partial charge in [-0.25, -0.2) is 4.98 Å². The molecule has 1 aromatic heterocycles. The van der Waals surface area contributed by atoms with Crippen molar-refractivity contribution >= 4 is 15.9 Å². The topological polar surface area (TPSA) is 41.6 Å². The molecule has 0 saturated carbocycles. The second-order valence-corrected chi connectivity index (χ2v) is 5.82. The van der Waals surface area contributed by atoms with Crippen LogP contribution in [-0.4, -0.2) is 9.55 Å². The first kappa shape index (κ1) is 12.4. The van der Waals surface area contributed by atoms with Gasteiger partial charge >= 0.3 is 0 Å². The van der Waals surface area contributed by atoms with E-state index in [1.807, 2.05) is 12.1 Å². The molecule has 0 atom stereocenters. The third-order valence-electron chi connectivity index (χ3n) is 3.64. The summed E-state index contributed by atoms with van der Waals surface area (Å²) in [7, 11) is 0. The maximum absolute atomic E-state index is 9.46. The molecule has 0 saturated heterocycles. The molecule has 0 aliphatic carbocycles. The molecule has 1 aromatic carbocycles. The molecule has 0 unspecified atom stereocenters. The summed E-state index contributed by atoms with van der Waals surface area (Å²) < 4.78 is 3.10. The van der Waals surface area contributed by atoms with Crippen LogP contribution in [0.25, 0.3) is 11.3 Å². The maximum Gasteiger partial charge on any atom is 0.148 e. The van der Waals surface area contributed by atoms with Gasteiger partial charge in [0.05, 0.1) is 0 Å². The highest BCUT2D eigenvalue weighted by Crippen LogP contribution is 2.31. The van der Waals surface area contributed by atoms with E-state index in [1.165, 1.54) is 6.42 Å². The fourth-order valence-electron chi connectivity index (χ4n) is 2.63. The molecule has 0 bridgehead atoms. The van der Waals surface area contributed by atoms with Gasteiger partial charge < -0.3 is 4.57 Å². The van der Waals surface area contributed by atoms with Gasteiger partial charge in [-0.3, -0.25) is 0 Å². The third-order valence-corrected chi connectivity index (χ3v) is 4.13. The average molecular weight is 316 g/mol. The van der Waals surface area contributed by atoms with E-state index in [-0.39, 0.29) is 0 Å². The minimum absolute atomic E-state index is 0.705. The van der Waals surface area contributed by atoms with Crippen molar-refractivity contribution in [3.8, 4) is 17.3 Å². The molecule has 0 spiro atoms. The number of hydrogen-bond acceptors (Lipinski definition) is 2. The zero-order valence-corrected chi connectivity index (χ0v) is 12.4. The molecule has 2 heterocycles. The molecule has 4 heteroatoms. The summed E-state index contributed by atoms with van der Waals surface area (Å²) in [6.07, 6.45) is 3.27. The highest BCUT2D eigenvalue weighted by atomic mass is 79.9. The predicted molar refractivity (Wildman–Crippen MR) is 77.8 cm³/mol. The summed E-state index contributed by atoms with van der Waals surface area (Å²) in [6, 6.07) is 8.45. The molecule has 19 heavy (non-hydrogen) atoms. The third kappa shape index (κ3) is 2.08. The van der Waals surface area contributed by atoms with Crippen molar-refractivity contribution in [3.05, 3.63) is 39.8 Å². The van der Waals surface area contributed by atoms with Gasteiger partial charge in [0.25, 0.3) is 0 Å². The zero-order valence-electron chi connectivity index (χ0n) is 10.8. The van der Waals surface area contributed by atoms with Crippen LogP contribution in [0.4, 0.5) is 0 Å². The molecule has 0 N–H and O–H groups in total.